The molecule has 0 aliphatic rings. The van der Waals surface area contributed by atoms with E-state index in [2.05, 4.69) is 20.8 Å². The van der Waals surface area contributed by atoms with Crippen LogP contribution in [-0.2, 0) is 16.4 Å². The minimum Gasteiger partial charge on any atom is -0.378 e. The van der Waals surface area contributed by atoms with Gasteiger partial charge in [0.1, 0.15) is 0 Å². The van der Waals surface area contributed by atoms with E-state index in [9.17, 15) is 8.42 Å². The molecule has 7 nitrogen and oxygen atoms in total. The normalized spacial score (nSPS) is 11.4. The van der Waals surface area contributed by atoms with Crippen LogP contribution in [0.4, 0.5) is 5.69 Å². The van der Waals surface area contributed by atoms with Gasteiger partial charge in [-0.15, -0.1) is 5.10 Å². The number of benzene rings is 2. The Morgan fingerprint density at radius 2 is 1.75 bits per heavy atom. The van der Waals surface area contributed by atoms with Gasteiger partial charge in [-0.3, -0.25) is 0 Å². The van der Waals surface area contributed by atoms with Crippen molar-refractivity contribution in [3.05, 3.63) is 59.4 Å². The number of nitrogens with one attached hydrogen (secondary N) is 1. The molecule has 0 aliphatic heterocycles. The minimum atomic E-state index is -3.23. The first-order valence-electron chi connectivity index (χ1n) is 7.01. The molecule has 0 aliphatic carbocycles. The molecule has 0 spiro atoms. The van der Waals surface area contributed by atoms with Gasteiger partial charge in [0.05, 0.1) is 17.1 Å². The molecule has 0 atom stereocenters. The van der Waals surface area contributed by atoms with Crippen LogP contribution < -0.4 is 5.32 Å². The van der Waals surface area contributed by atoms with Crippen molar-refractivity contribution in [3.8, 4) is 5.69 Å². The average molecular weight is 364 g/mol. The average Bonchev–Trinajstić information content (AvgIpc) is 3.02. The van der Waals surface area contributed by atoms with E-state index in [0.717, 1.165) is 5.69 Å². The van der Waals surface area contributed by atoms with Crippen LogP contribution in [0, 0.1) is 0 Å². The lowest BCUT2D eigenvalue weighted by molar-refractivity contribution is 0.602. The molecule has 2 aromatic carbocycles. The summed E-state index contributed by atoms with van der Waals surface area (Å²) >= 11 is 5.85. The van der Waals surface area contributed by atoms with Crippen molar-refractivity contribution < 1.29 is 8.42 Å². The molecule has 1 heterocycles. The van der Waals surface area contributed by atoms with Gasteiger partial charge in [-0.1, -0.05) is 11.6 Å². The zero-order valence-electron chi connectivity index (χ0n) is 12.7. The van der Waals surface area contributed by atoms with E-state index < -0.39 is 9.84 Å². The first kappa shape index (κ1) is 16.4. The molecule has 3 rings (SSSR count). The van der Waals surface area contributed by atoms with E-state index in [-0.39, 0.29) is 4.90 Å². The Hall–Kier alpha value is -2.45. The summed E-state index contributed by atoms with van der Waals surface area (Å²) in [5, 5.41) is 15.5. The van der Waals surface area contributed by atoms with Crippen molar-refractivity contribution >= 4 is 27.1 Å². The van der Waals surface area contributed by atoms with Crippen LogP contribution in [-0.4, -0.2) is 34.9 Å². The minimum absolute atomic E-state index is 0.250. The maximum absolute atomic E-state index is 11.5. The summed E-state index contributed by atoms with van der Waals surface area (Å²) < 4.78 is 24.6. The first-order valence-corrected chi connectivity index (χ1v) is 9.27. The SMILES string of the molecule is CS(=O)(=O)c1ccc(-n2nnnc2CNc2ccc(Cl)cc2)cc1. The summed E-state index contributed by atoms with van der Waals surface area (Å²) in [7, 11) is -3.23. The zero-order chi connectivity index (χ0) is 17.2. The molecular weight excluding hydrogens is 350 g/mol. The third-order valence-corrected chi connectivity index (χ3v) is 4.72. The molecular formula is C15H14ClN5O2S. The third kappa shape index (κ3) is 3.72. The van der Waals surface area contributed by atoms with Crippen molar-refractivity contribution in [2.24, 2.45) is 0 Å². The van der Waals surface area contributed by atoms with Crippen LogP contribution in [0.15, 0.2) is 53.4 Å². The number of aromatic nitrogens is 4. The fourth-order valence-corrected chi connectivity index (χ4v) is 2.86. The van der Waals surface area contributed by atoms with E-state index in [0.29, 0.717) is 23.1 Å². The molecule has 0 amide bonds. The molecule has 1 N–H and O–H groups in total. The number of hydrogen-bond donors (Lipinski definition) is 1. The Labute approximate surface area is 144 Å². The zero-order valence-corrected chi connectivity index (χ0v) is 14.3. The van der Waals surface area contributed by atoms with Gasteiger partial charge in [0.25, 0.3) is 0 Å². The molecule has 0 saturated carbocycles. The summed E-state index contributed by atoms with van der Waals surface area (Å²) in [6.45, 7) is 0.405. The lowest BCUT2D eigenvalue weighted by Crippen LogP contribution is -2.09. The predicted octanol–water partition coefficient (Wildman–Crippen LogP) is 2.33. The van der Waals surface area contributed by atoms with Crippen LogP contribution in [0.25, 0.3) is 5.69 Å². The fraction of sp³-hybridized carbons (Fsp3) is 0.133. The van der Waals surface area contributed by atoms with Gasteiger partial charge < -0.3 is 5.32 Å². The van der Waals surface area contributed by atoms with Crippen molar-refractivity contribution in [2.75, 3.05) is 11.6 Å². The number of tetrazole rings is 1. The summed E-state index contributed by atoms with van der Waals surface area (Å²) in [5.74, 6) is 0.594. The number of sulfone groups is 1. The largest absolute Gasteiger partial charge is 0.378 e. The highest BCUT2D eigenvalue weighted by molar-refractivity contribution is 7.90. The van der Waals surface area contributed by atoms with Crippen LogP contribution in [0.3, 0.4) is 0 Å². The second-order valence-corrected chi connectivity index (χ2v) is 7.59. The highest BCUT2D eigenvalue weighted by Crippen LogP contribution is 2.16. The highest BCUT2D eigenvalue weighted by atomic mass is 35.5. The molecule has 0 unspecified atom stereocenters. The molecule has 9 heteroatoms. The molecule has 24 heavy (non-hydrogen) atoms. The molecule has 124 valence electrons. The van der Waals surface area contributed by atoms with Crippen molar-refractivity contribution in [2.45, 2.75) is 11.4 Å². The standard InChI is InChI=1S/C15H14ClN5O2S/c1-24(22,23)14-8-6-13(7-9-14)21-15(18-19-20-21)10-17-12-4-2-11(16)3-5-12/h2-9,17H,10H2,1H3. The van der Waals surface area contributed by atoms with Crippen LogP contribution in [0.1, 0.15) is 5.82 Å². The van der Waals surface area contributed by atoms with E-state index in [1.165, 1.54) is 18.4 Å². The van der Waals surface area contributed by atoms with Gasteiger partial charge in [0, 0.05) is 17.0 Å². The Bertz CT molecular complexity index is 937. The Balaban J connectivity index is 1.78. The van der Waals surface area contributed by atoms with Gasteiger partial charge in [-0.05, 0) is 59.0 Å². The van der Waals surface area contributed by atoms with E-state index in [1.54, 1.807) is 28.9 Å². The molecule has 0 fully saturated rings. The third-order valence-electron chi connectivity index (χ3n) is 3.34. The van der Waals surface area contributed by atoms with Crippen molar-refractivity contribution in [1.29, 1.82) is 0 Å². The van der Waals surface area contributed by atoms with Gasteiger partial charge in [0.2, 0.25) is 0 Å². The van der Waals surface area contributed by atoms with Crippen LogP contribution in [0.2, 0.25) is 5.02 Å². The first-order chi connectivity index (χ1) is 11.4. The van der Waals surface area contributed by atoms with Gasteiger partial charge in [-0.2, -0.15) is 4.68 Å². The van der Waals surface area contributed by atoms with Gasteiger partial charge in [-0.25, -0.2) is 8.42 Å². The van der Waals surface area contributed by atoms with Crippen molar-refractivity contribution in [1.82, 2.24) is 20.2 Å². The summed E-state index contributed by atoms with van der Waals surface area (Å²) in [6.07, 6.45) is 1.17. The maximum Gasteiger partial charge on any atom is 0.175 e. The number of rotatable bonds is 5. The Morgan fingerprint density at radius 3 is 2.38 bits per heavy atom. The smallest absolute Gasteiger partial charge is 0.175 e. The van der Waals surface area contributed by atoms with Crippen molar-refractivity contribution in [3.63, 3.8) is 0 Å². The second kappa shape index (κ2) is 6.58. The predicted molar refractivity (Wildman–Crippen MR) is 91.0 cm³/mol. The van der Waals surface area contributed by atoms with E-state index >= 15 is 0 Å². The van der Waals surface area contributed by atoms with E-state index in [4.69, 9.17) is 11.6 Å². The van der Waals surface area contributed by atoms with Crippen LogP contribution >= 0.6 is 11.6 Å². The van der Waals surface area contributed by atoms with E-state index in [1.807, 2.05) is 12.1 Å². The second-order valence-electron chi connectivity index (χ2n) is 5.13. The summed E-state index contributed by atoms with van der Waals surface area (Å²) in [5.41, 5.74) is 1.57. The molecule has 1 aromatic heterocycles. The summed E-state index contributed by atoms with van der Waals surface area (Å²) in [6, 6.07) is 13.7. The van der Waals surface area contributed by atoms with Gasteiger partial charge in [0.15, 0.2) is 15.7 Å². The number of halogens is 1. The fourth-order valence-electron chi connectivity index (χ4n) is 2.10. The molecule has 0 saturated heterocycles. The number of hydrogen-bond acceptors (Lipinski definition) is 6. The Morgan fingerprint density at radius 1 is 1.08 bits per heavy atom. The number of anilines is 1. The van der Waals surface area contributed by atoms with Crippen LogP contribution in [0.5, 0.6) is 0 Å². The van der Waals surface area contributed by atoms with Gasteiger partial charge >= 0.3 is 0 Å². The lowest BCUT2D eigenvalue weighted by atomic mass is 10.3. The molecule has 3 aromatic rings. The molecule has 0 bridgehead atoms. The lowest BCUT2D eigenvalue weighted by Gasteiger charge is -2.08. The molecule has 0 radical (unpaired) electrons. The summed E-state index contributed by atoms with van der Waals surface area (Å²) in [4.78, 5) is 0.250. The topological polar surface area (TPSA) is 89.8 Å². The Kier molecular flexibility index (Phi) is 4.50. The quantitative estimate of drug-likeness (QED) is 0.748. The maximum atomic E-state index is 11.5. The highest BCUT2D eigenvalue weighted by Gasteiger charge is 2.11. The monoisotopic (exact) mass is 363 g/mol. The number of nitrogens with zero attached hydrogens (tertiary/aromatic N) is 4.